The minimum absolute atomic E-state index is 0.00852. The van der Waals surface area contributed by atoms with Gasteiger partial charge in [-0.15, -0.1) is 5.92 Å². The average Bonchev–Trinajstić information content (AvgIpc) is 2.63. The summed E-state index contributed by atoms with van der Waals surface area (Å²) in [7, 11) is -3.96. The second-order valence-corrected chi connectivity index (χ2v) is 8.32. The third kappa shape index (κ3) is 5.48. The summed E-state index contributed by atoms with van der Waals surface area (Å²) in [4.78, 5) is 11.6. The van der Waals surface area contributed by atoms with E-state index in [1.54, 1.807) is 6.92 Å². The van der Waals surface area contributed by atoms with Gasteiger partial charge in [0.25, 0.3) is 0 Å². The van der Waals surface area contributed by atoms with Gasteiger partial charge in [-0.2, -0.15) is 0 Å². The molecule has 1 saturated heterocycles. The van der Waals surface area contributed by atoms with E-state index in [1.807, 2.05) is 0 Å². The standard InChI is InChI=1S/C19H24O6S/c1-2-3-12-25-16-5-7-17(8-6-16)26(22,23)18(19(20)21)9-4-15-10-13-24-14-11-15/h5-8,15,18H,4,9-14H2,1H3,(H,20,21). The van der Waals surface area contributed by atoms with Crippen molar-refractivity contribution in [2.24, 2.45) is 5.92 Å². The van der Waals surface area contributed by atoms with E-state index in [2.05, 4.69) is 11.8 Å². The van der Waals surface area contributed by atoms with Crippen molar-refractivity contribution < 1.29 is 27.8 Å². The van der Waals surface area contributed by atoms with Gasteiger partial charge in [-0.05, 0) is 62.8 Å². The Bertz CT molecular complexity index is 751. The predicted molar refractivity (Wildman–Crippen MR) is 96.8 cm³/mol. The topological polar surface area (TPSA) is 89.9 Å². The summed E-state index contributed by atoms with van der Waals surface area (Å²) in [5, 5.41) is 8.01. The third-order valence-corrected chi connectivity index (χ3v) is 6.58. The molecule has 1 N–H and O–H groups in total. The highest BCUT2D eigenvalue weighted by atomic mass is 32.2. The zero-order valence-corrected chi connectivity index (χ0v) is 15.6. The van der Waals surface area contributed by atoms with Crippen molar-refractivity contribution in [1.29, 1.82) is 0 Å². The first-order chi connectivity index (χ1) is 12.4. The fourth-order valence-corrected chi connectivity index (χ4v) is 4.47. The van der Waals surface area contributed by atoms with Crippen LogP contribution in [0.3, 0.4) is 0 Å². The number of carbonyl (C=O) groups is 1. The summed E-state index contributed by atoms with van der Waals surface area (Å²) in [6, 6.07) is 5.80. The molecule has 1 aliphatic heterocycles. The van der Waals surface area contributed by atoms with Crippen LogP contribution in [-0.2, 0) is 19.4 Å². The van der Waals surface area contributed by atoms with E-state index in [1.165, 1.54) is 24.3 Å². The van der Waals surface area contributed by atoms with Crippen molar-refractivity contribution >= 4 is 15.8 Å². The van der Waals surface area contributed by atoms with E-state index in [0.29, 0.717) is 31.3 Å². The Balaban J connectivity index is 2.07. The Morgan fingerprint density at radius 3 is 2.54 bits per heavy atom. The van der Waals surface area contributed by atoms with Crippen LogP contribution in [-0.4, -0.2) is 44.6 Å². The van der Waals surface area contributed by atoms with Crippen LogP contribution in [0.5, 0.6) is 5.75 Å². The molecule has 1 aliphatic rings. The van der Waals surface area contributed by atoms with Crippen LogP contribution in [0.4, 0.5) is 0 Å². The van der Waals surface area contributed by atoms with Crippen LogP contribution in [0.2, 0.25) is 0 Å². The largest absolute Gasteiger partial charge is 0.481 e. The van der Waals surface area contributed by atoms with Crippen LogP contribution in [0.25, 0.3) is 0 Å². The Hall–Kier alpha value is -2.04. The lowest BCUT2D eigenvalue weighted by Gasteiger charge is -2.23. The molecule has 0 bridgehead atoms. The second kappa shape index (κ2) is 9.60. The summed E-state index contributed by atoms with van der Waals surface area (Å²) in [5.74, 6) is 4.94. The molecule has 1 heterocycles. The first-order valence-corrected chi connectivity index (χ1v) is 10.2. The van der Waals surface area contributed by atoms with Crippen molar-refractivity contribution in [2.75, 3.05) is 19.8 Å². The van der Waals surface area contributed by atoms with E-state index < -0.39 is 21.1 Å². The predicted octanol–water partition coefficient (Wildman–Crippen LogP) is 2.52. The van der Waals surface area contributed by atoms with E-state index in [9.17, 15) is 18.3 Å². The lowest BCUT2D eigenvalue weighted by atomic mass is 9.94. The first-order valence-electron chi connectivity index (χ1n) is 8.62. The summed E-state index contributed by atoms with van der Waals surface area (Å²) < 4.78 is 36.1. The van der Waals surface area contributed by atoms with Gasteiger partial charge in [0.2, 0.25) is 0 Å². The molecule has 0 aromatic heterocycles. The van der Waals surface area contributed by atoms with E-state index >= 15 is 0 Å². The number of benzene rings is 1. The number of carboxylic acid groups (broad SMARTS) is 1. The molecule has 1 aromatic rings. The van der Waals surface area contributed by atoms with Gasteiger partial charge in [0.15, 0.2) is 15.1 Å². The summed E-state index contributed by atoms with van der Waals surface area (Å²) in [6.45, 7) is 3.22. The number of hydrogen-bond donors (Lipinski definition) is 1. The molecule has 1 aromatic carbocycles. The molecule has 1 atom stereocenters. The maximum atomic E-state index is 12.7. The SMILES string of the molecule is CC#CCOc1ccc(S(=O)(=O)C(CCC2CCOCC2)C(=O)O)cc1. The second-order valence-electron chi connectivity index (χ2n) is 6.19. The van der Waals surface area contributed by atoms with E-state index in [-0.39, 0.29) is 17.9 Å². The Labute approximate surface area is 154 Å². The van der Waals surface area contributed by atoms with Crippen LogP contribution in [0, 0.1) is 17.8 Å². The van der Waals surface area contributed by atoms with Crippen LogP contribution in [0.1, 0.15) is 32.6 Å². The number of aliphatic carboxylic acids is 1. The molecular weight excluding hydrogens is 356 g/mol. The van der Waals surface area contributed by atoms with Crippen molar-refractivity contribution in [3.05, 3.63) is 24.3 Å². The van der Waals surface area contributed by atoms with Crippen LogP contribution in [0.15, 0.2) is 29.2 Å². The summed E-state index contributed by atoms with van der Waals surface area (Å²) in [5.41, 5.74) is 0. The molecule has 26 heavy (non-hydrogen) atoms. The highest BCUT2D eigenvalue weighted by Crippen LogP contribution is 2.26. The monoisotopic (exact) mass is 380 g/mol. The molecule has 6 nitrogen and oxygen atoms in total. The van der Waals surface area contributed by atoms with E-state index in [4.69, 9.17) is 9.47 Å². The maximum absolute atomic E-state index is 12.7. The van der Waals surface area contributed by atoms with Gasteiger partial charge in [-0.1, -0.05) is 5.92 Å². The molecule has 2 rings (SSSR count). The smallest absolute Gasteiger partial charge is 0.322 e. The molecule has 0 spiro atoms. The Morgan fingerprint density at radius 2 is 1.96 bits per heavy atom. The van der Waals surface area contributed by atoms with Gasteiger partial charge in [0.1, 0.15) is 12.4 Å². The molecule has 0 aliphatic carbocycles. The minimum atomic E-state index is -3.96. The lowest BCUT2D eigenvalue weighted by Crippen LogP contribution is -2.31. The molecule has 0 radical (unpaired) electrons. The molecule has 0 saturated carbocycles. The molecule has 1 unspecified atom stereocenters. The zero-order valence-electron chi connectivity index (χ0n) is 14.8. The number of rotatable bonds is 8. The molecule has 142 valence electrons. The zero-order chi connectivity index (χ0) is 19.0. The van der Waals surface area contributed by atoms with Crippen molar-refractivity contribution in [1.82, 2.24) is 0 Å². The Morgan fingerprint density at radius 1 is 1.31 bits per heavy atom. The maximum Gasteiger partial charge on any atom is 0.322 e. The molecular formula is C19H24O6S. The minimum Gasteiger partial charge on any atom is -0.481 e. The lowest BCUT2D eigenvalue weighted by molar-refractivity contribution is -0.136. The van der Waals surface area contributed by atoms with Gasteiger partial charge in [0.05, 0.1) is 4.90 Å². The first kappa shape index (κ1) is 20.3. The van der Waals surface area contributed by atoms with E-state index in [0.717, 1.165) is 12.8 Å². The Kier molecular flexibility index (Phi) is 7.49. The average molecular weight is 380 g/mol. The van der Waals surface area contributed by atoms with Gasteiger partial charge < -0.3 is 14.6 Å². The number of carboxylic acids is 1. The molecule has 1 fully saturated rings. The van der Waals surface area contributed by atoms with Gasteiger partial charge in [-0.3, -0.25) is 4.79 Å². The van der Waals surface area contributed by atoms with Crippen molar-refractivity contribution in [3.8, 4) is 17.6 Å². The van der Waals surface area contributed by atoms with Crippen molar-refractivity contribution in [2.45, 2.75) is 42.8 Å². The fraction of sp³-hybridized carbons (Fsp3) is 0.526. The van der Waals surface area contributed by atoms with Crippen molar-refractivity contribution in [3.63, 3.8) is 0 Å². The van der Waals surface area contributed by atoms with Gasteiger partial charge >= 0.3 is 5.97 Å². The third-order valence-electron chi connectivity index (χ3n) is 4.47. The van der Waals surface area contributed by atoms with Gasteiger partial charge in [-0.25, -0.2) is 8.42 Å². The summed E-state index contributed by atoms with van der Waals surface area (Å²) in [6.07, 6.45) is 2.36. The highest BCUT2D eigenvalue weighted by Gasteiger charge is 2.34. The quantitative estimate of drug-likeness (QED) is 0.697. The fourth-order valence-electron chi connectivity index (χ4n) is 2.91. The summed E-state index contributed by atoms with van der Waals surface area (Å²) >= 11 is 0. The van der Waals surface area contributed by atoms with Crippen LogP contribution >= 0.6 is 0 Å². The molecule has 7 heteroatoms. The van der Waals surface area contributed by atoms with Crippen LogP contribution < -0.4 is 4.74 Å². The number of sulfone groups is 1. The van der Waals surface area contributed by atoms with Gasteiger partial charge in [0, 0.05) is 13.2 Å². The molecule has 0 amide bonds. The normalized spacial score (nSPS) is 16.3. The highest BCUT2D eigenvalue weighted by molar-refractivity contribution is 7.92. The number of ether oxygens (including phenoxy) is 2. The number of hydrogen-bond acceptors (Lipinski definition) is 5.